The van der Waals surface area contributed by atoms with E-state index in [1.54, 1.807) is 12.4 Å². The highest BCUT2D eigenvalue weighted by Crippen LogP contribution is 2.16. The minimum Gasteiger partial charge on any atom is -0.361 e. The fourth-order valence-electron chi connectivity index (χ4n) is 2.82. The average molecular weight is 372 g/mol. The smallest absolute Gasteiger partial charge is 0.331 e. The zero-order chi connectivity index (χ0) is 19.3. The van der Waals surface area contributed by atoms with Crippen LogP contribution in [0.3, 0.4) is 0 Å². The van der Waals surface area contributed by atoms with Gasteiger partial charge in [-0.3, -0.25) is 9.59 Å². The number of rotatable bonds is 4. The van der Waals surface area contributed by atoms with E-state index in [-0.39, 0.29) is 0 Å². The van der Waals surface area contributed by atoms with E-state index in [0.717, 1.165) is 32.9 Å². The van der Waals surface area contributed by atoms with Gasteiger partial charge in [-0.05, 0) is 12.1 Å². The van der Waals surface area contributed by atoms with E-state index in [0.29, 0.717) is 0 Å². The second-order valence-electron chi connectivity index (χ2n) is 5.98. The van der Waals surface area contributed by atoms with E-state index in [1.165, 1.54) is 12.4 Å². The SMILES string of the molecule is O=C(N/N=C\c1c[nH]c2ccccc12)C(=O)N/N=C\c1c[nH]c2ccccc12. The summed E-state index contributed by atoms with van der Waals surface area (Å²) in [5.41, 5.74) is 7.88. The number of para-hydroxylation sites is 2. The molecule has 138 valence electrons. The van der Waals surface area contributed by atoms with Crippen LogP contribution in [-0.2, 0) is 9.59 Å². The van der Waals surface area contributed by atoms with Crippen molar-refractivity contribution >= 4 is 46.0 Å². The fourth-order valence-corrected chi connectivity index (χ4v) is 2.82. The molecule has 2 aromatic carbocycles. The van der Waals surface area contributed by atoms with Crippen molar-refractivity contribution in [2.45, 2.75) is 0 Å². The predicted octanol–water partition coefficient (Wildman–Crippen LogP) is 2.25. The molecule has 0 aliphatic carbocycles. The summed E-state index contributed by atoms with van der Waals surface area (Å²) >= 11 is 0. The molecule has 0 spiro atoms. The van der Waals surface area contributed by atoms with Crippen molar-refractivity contribution in [2.75, 3.05) is 0 Å². The lowest BCUT2D eigenvalue weighted by atomic mass is 10.2. The third-order valence-corrected chi connectivity index (χ3v) is 4.19. The maximum absolute atomic E-state index is 11.8. The van der Waals surface area contributed by atoms with E-state index in [1.807, 2.05) is 48.5 Å². The van der Waals surface area contributed by atoms with Crippen LogP contribution in [0.5, 0.6) is 0 Å². The number of fused-ring (bicyclic) bond motifs is 2. The third-order valence-electron chi connectivity index (χ3n) is 4.19. The van der Waals surface area contributed by atoms with Crippen LogP contribution in [0.15, 0.2) is 71.1 Å². The summed E-state index contributed by atoms with van der Waals surface area (Å²) in [4.78, 5) is 29.8. The molecule has 8 nitrogen and oxygen atoms in total. The number of H-pyrrole nitrogens is 2. The number of aromatic nitrogens is 2. The number of carbonyl (C=O) groups excluding carboxylic acids is 2. The molecule has 2 aromatic heterocycles. The Kier molecular flexibility index (Phi) is 4.67. The molecule has 0 aliphatic heterocycles. The Morgan fingerprint density at radius 1 is 0.714 bits per heavy atom. The molecule has 0 aliphatic rings. The van der Waals surface area contributed by atoms with Crippen molar-refractivity contribution in [3.8, 4) is 0 Å². The van der Waals surface area contributed by atoms with Gasteiger partial charge in [0.2, 0.25) is 0 Å². The standard InChI is InChI=1S/C20H16N6O2/c27-19(25-23-11-13-9-21-17-7-3-1-5-15(13)17)20(28)26-24-12-14-10-22-18-8-4-2-6-16(14)18/h1-12,21-22H,(H,25,27)(H,26,28)/b23-11-,24-12-. The largest absolute Gasteiger partial charge is 0.361 e. The van der Waals surface area contributed by atoms with Gasteiger partial charge in [0, 0.05) is 45.3 Å². The van der Waals surface area contributed by atoms with E-state index >= 15 is 0 Å². The molecule has 0 unspecified atom stereocenters. The van der Waals surface area contributed by atoms with Gasteiger partial charge < -0.3 is 9.97 Å². The first-order valence-corrected chi connectivity index (χ1v) is 8.51. The first kappa shape index (κ1) is 17.2. The molecule has 0 fully saturated rings. The van der Waals surface area contributed by atoms with Crippen molar-refractivity contribution in [1.82, 2.24) is 20.8 Å². The van der Waals surface area contributed by atoms with Gasteiger partial charge in [0.25, 0.3) is 0 Å². The highest BCUT2D eigenvalue weighted by atomic mass is 16.2. The molecule has 4 aromatic rings. The molecule has 0 radical (unpaired) electrons. The van der Waals surface area contributed by atoms with Crippen LogP contribution >= 0.6 is 0 Å². The Morgan fingerprint density at radius 2 is 1.14 bits per heavy atom. The molecule has 4 rings (SSSR count). The Labute approximate surface area is 159 Å². The summed E-state index contributed by atoms with van der Waals surface area (Å²) in [6.07, 6.45) is 6.48. The van der Waals surface area contributed by atoms with Gasteiger partial charge in [0.15, 0.2) is 0 Å². The van der Waals surface area contributed by atoms with Gasteiger partial charge in [-0.15, -0.1) is 0 Å². The minimum atomic E-state index is -0.910. The van der Waals surface area contributed by atoms with E-state index < -0.39 is 11.8 Å². The second kappa shape index (κ2) is 7.58. The molecular weight excluding hydrogens is 356 g/mol. The van der Waals surface area contributed by atoms with Gasteiger partial charge in [-0.1, -0.05) is 36.4 Å². The highest BCUT2D eigenvalue weighted by molar-refractivity contribution is 6.35. The number of hydrogen-bond acceptors (Lipinski definition) is 4. The van der Waals surface area contributed by atoms with Crippen LogP contribution < -0.4 is 10.9 Å². The maximum Gasteiger partial charge on any atom is 0.331 e. The zero-order valence-corrected chi connectivity index (χ0v) is 14.6. The highest BCUT2D eigenvalue weighted by Gasteiger charge is 2.11. The van der Waals surface area contributed by atoms with E-state index in [4.69, 9.17) is 0 Å². The van der Waals surface area contributed by atoms with Gasteiger partial charge in [0.1, 0.15) is 0 Å². The topological polar surface area (TPSA) is 114 Å². The second-order valence-corrected chi connectivity index (χ2v) is 5.98. The molecule has 0 atom stereocenters. The summed E-state index contributed by atoms with van der Waals surface area (Å²) < 4.78 is 0. The van der Waals surface area contributed by atoms with E-state index in [2.05, 4.69) is 31.0 Å². The molecule has 28 heavy (non-hydrogen) atoms. The summed E-state index contributed by atoms with van der Waals surface area (Å²) in [5, 5.41) is 9.58. The third kappa shape index (κ3) is 3.51. The van der Waals surface area contributed by atoms with Crippen molar-refractivity contribution in [3.63, 3.8) is 0 Å². The normalized spacial score (nSPS) is 11.6. The lowest BCUT2D eigenvalue weighted by molar-refractivity contribution is -0.139. The fraction of sp³-hybridized carbons (Fsp3) is 0. The summed E-state index contributed by atoms with van der Waals surface area (Å²) in [6.45, 7) is 0. The number of hydrogen-bond donors (Lipinski definition) is 4. The molecule has 2 amide bonds. The molecule has 0 bridgehead atoms. The first-order chi connectivity index (χ1) is 13.7. The summed E-state index contributed by atoms with van der Waals surface area (Å²) in [5.74, 6) is -1.82. The molecule has 0 saturated carbocycles. The van der Waals surface area contributed by atoms with Crippen LogP contribution in [0.2, 0.25) is 0 Å². The quantitative estimate of drug-likeness (QED) is 0.250. The summed E-state index contributed by atoms with van der Waals surface area (Å²) in [7, 11) is 0. The average Bonchev–Trinajstić information content (AvgIpc) is 3.32. The number of nitrogens with one attached hydrogen (secondary N) is 4. The molecule has 4 N–H and O–H groups in total. The van der Waals surface area contributed by atoms with Crippen molar-refractivity contribution in [3.05, 3.63) is 72.1 Å². The van der Waals surface area contributed by atoms with Crippen LogP contribution in [0, 0.1) is 0 Å². The molecule has 2 heterocycles. The number of aromatic amines is 2. The van der Waals surface area contributed by atoms with Crippen LogP contribution in [0.4, 0.5) is 0 Å². The lowest BCUT2D eigenvalue weighted by Crippen LogP contribution is -2.35. The van der Waals surface area contributed by atoms with Gasteiger partial charge in [-0.25, -0.2) is 10.9 Å². The van der Waals surface area contributed by atoms with E-state index in [9.17, 15) is 9.59 Å². The van der Waals surface area contributed by atoms with Crippen molar-refractivity contribution < 1.29 is 9.59 Å². The number of benzene rings is 2. The van der Waals surface area contributed by atoms with Crippen LogP contribution in [0.1, 0.15) is 11.1 Å². The Morgan fingerprint density at radius 3 is 1.61 bits per heavy atom. The number of carbonyl (C=O) groups is 2. The lowest BCUT2D eigenvalue weighted by Gasteiger charge is -1.98. The van der Waals surface area contributed by atoms with Crippen molar-refractivity contribution in [1.29, 1.82) is 0 Å². The predicted molar refractivity (Wildman–Crippen MR) is 108 cm³/mol. The van der Waals surface area contributed by atoms with Crippen LogP contribution in [0.25, 0.3) is 21.8 Å². The number of amides is 2. The van der Waals surface area contributed by atoms with Gasteiger partial charge in [0.05, 0.1) is 12.4 Å². The van der Waals surface area contributed by atoms with Gasteiger partial charge >= 0.3 is 11.8 Å². The minimum absolute atomic E-state index is 0.800. The summed E-state index contributed by atoms with van der Waals surface area (Å²) in [6, 6.07) is 15.4. The Balaban J connectivity index is 1.34. The Hall–Kier alpha value is -4.20. The Bertz CT molecular complexity index is 1120. The van der Waals surface area contributed by atoms with Crippen LogP contribution in [-0.4, -0.2) is 34.2 Å². The number of nitrogens with zero attached hydrogens (tertiary/aromatic N) is 2. The van der Waals surface area contributed by atoms with Crippen molar-refractivity contribution in [2.24, 2.45) is 10.2 Å². The zero-order valence-electron chi connectivity index (χ0n) is 14.6. The maximum atomic E-state index is 11.8. The first-order valence-electron chi connectivity index (χ1n) is 8.51. The van der Waals surface area contributed by atoms with Gasteiger partial charge in [-0.2, -0.15) is 10.2 Å². The molecule has 0 saturated heterocycles. The molecular formula is C20H16N6O2. The molecule has 8 heteroatoms. The number of hydrazone groups is 2. The monoisotopic (exact) mass is 372 g/mol.